The fourth-order valence-corrected chi connectivity index (χ4v) is 6.16. The summed E-state index contributed by atoms with van der Waals surface area (Å²) in [5.74, 6) is -0.459. The predicted octanol–water partition coefficient (Wildman–Crippen LogP) is 5.78. The van der Waals surface area contributed by atoms with Gasteiger partial charge in [-0.3, -0.25) is 13.9 Å². The Hall–Kier alpha value is -3.27. The van der Waals surface area contributed by atoms with Crippen LogP contribution in [0.1, 0.15) is 32.8 Å². The predicted molar refractivity (Wildman–Crippen MR) is 163 cm³/mol. The summed E-state index contributed by atoms with van der Waals surface area (Å²) in [6.45, 7) is 5.54. The molecule has 3 rings (SSSR count). The van der Waals surface area contributed by atoms with Gasteiger partial charge in [-0.2, -0.15) is 0 Å². The molecule has 1 unspecified atom stereocenters. The van der Waals surface area contributed by atoms with Gasteiger partial charge in [-0.1, -0.05) is 80.4 Å². The second-order valence-corrected chi connectivity index (χ2v) is 12.5. The molecule has 0 fully saturated rings. The van der Waals surface area contributed by atoms with Crippen molar-refractivity contribution < 1.29 is 22.7 Å². The minimum atomic E-state index is -4.21. The summed E-state index contributed by atoms with van der Waals surface area (Å²) in [5, 5.41) is 3.65. The third kappa shape index (κ3) is 8.15. The summed E-state index contributed by atoms with van der Waals surface area (Å²) < 4.78 is 34.4. The number of amides is 2. The maximum atomic E-state index is 14.2. The topological polar surface area (TPSA) is 96.0 Å². The zero-order valence-corrected chi connectivity index (χ0v) is 25.8. The molecule has 3 aromatic rings. The average molecular weight is 621 g/mol. The fraction of sp³-hybridized carbons (Fsp3) is 0.333. The average Bonchev–Trinajstić information content (AvgIpc) is 2.96. The van der Waals surface area contributed by atoms with Gasteiger partial charge < -0.3 is 15.0 Å². The van der Waals surface area contributed by atoms with Gasteiger partial charge in [0.2, 0.25) is 11.8 Å². The van der Waals surface area contributed by atoms with Gasteiger partial charge in [0.1, 0.15) is 18.3 Å². The molecule has 3 aromatic carbocycles. The highest BCUT2D eigenvalue weighted by atomic mass is 35.5. The van der Waals surface area contributed by atoms with Crippen LogP contribution in [0, 0.1) is 5.92 Å². The van der Waals surface area contributed by atoms with E-state index >= 15 is 0 Å². The van der Waals surface area contributed by atoms with Gasteiger partial charge in [-0.25, -0.2) is 8.42 Å². The highest BCUT2D eigenvalue weighted by molar-refractivity contribution is 7.92. The van der Waals surface area contributed by atoms with Crippen LogP contribution in [0.25, 0.3) is 0 Å². The third-order valence-corrected chi connectivity index (χ3v) is 8.75. The lowest BCUT2D eigenvalue weighted by atomic mass is 10.1. The van der Waals surface area contributed by atoms with Gasteiger partial charge in [0.25, 0.3) is 10.0 Å². The Bertz CT molecular complexity index is 1450. The van der Waals surface area contributed by atoms with Crippen molar-refractivity contribution >= 4 is 50.7 Å². The Labute approximate surface area is 252 Å². The highest BCUT2D eigenvalue weighted by Gasteiger charge is 2.35. The number of hydrogen-bond acceptors (Lipinski definition) is 5. The first kappa shape index (κ1) is 32.2. The summed E-state index contributed by atoms with van der Waals surface area (Å²) in [5.41, 5.74) is 0.753. The first-order chi connectivity index (χ1) is 19.5. The first-order valence-corrected chi connectivity index (χ1v) is 15.4. The second-order valence-electron chi connectivity index (χ2n) is 9.82. The monoisotopic (exact) mass is 619 g/mol. The van der Waals surface area contributed by atoms with E-state index in [1.54, 1.807) is 67.6 Å². The van der Waals surface area contributed by atoms with Gasteiger partial charge in [0.15, 0.2) is 0 Å². The Morgan fingerprint density at radius 3 is 2.24 bits per heavy atom. The zero-order chi connectivity index (χ0) is 30.2. The summed E-state index contributed by atoms with van der Waals surface area (Å²) in [6, 6.07) is 18.4. The van der Waals surface area contributed by atoms with Crippen molar-refractivity contribution in [3.05, 3.63) is 88.4 Å². The summed E-state index contributed by atoms with van der Waals surface area (Å²) in [4.78, 5) is 28.9. The molecule has 1 atom stereocenters. The van der Waals surface area contributed by atoms with E-state index in [1.165, 1.54) is 24.1 Å². The van der Waals surface area contributed by atoms with Crippen molar-refractivity contribution in [1.82, 2.24) is 10.2 Å². The Balaban J connectivity index is 2.09. The molecule has 0 aliphatic heterocycles. The molecule has 0 aliphatic rings. The molecule has 0 aliphatic carbocycles. The molecule has 0 saturated heterocycles. The smallest absolute Gasteiger partial charge is 0.264 e. The Morgan fingerprint density at radius 2 is 1.63 bits per heavy atom. The van der Waals surface area contributed by atoms with Crippen LogP contribution >= 0.6 is 23.2 Å². The molecular formula is C30H35Cl2N3O5S. The molecule has 0 radical (unpaired) electrons. The number of halogens is 2. The minimum absolute atomic E-state index is 0.00715. The van der Waals surface area contributed by atoms with Crippen molar-refractivity contribution in [2.24, 2.45) is 5.92 Å². The molecule has 0 heterocycles. The maximum absolute atomic E-state index is 14.2. The summed E-state index contributed by atoms with van der Waals surface area (Å²) in [6.07, 6.45) is 0.293. The number of methoxy groups -OCH3 is 1. The lowest BCUT2D eigenvalue weighted by Crippen LogP contribution is -2.52. The van der Waals surface area contributed by atoms with Gasteiger partial charge in [-0.05, 0) is 54.3 Å². The van der Waals surface area contributed by atoms with Crippen molar-refractivity contribution in [3.63, 3.8) is 0 Å². The molecule has 0 saturated carbocycles. The molecule has 2 amide bonds. The van der Waals surface area contributed by atoms with Crippen LogP contribution < -0.4 is 14.4 Å². The molecule has 8 nitrogen and oxygen atoms in total. The molecule has 1 N–H and O–H groups in total. The van der Waals surface area contributed by atoms with Crippen molar-refractivity contribution in [2.75, 3.05) is 24.5 Å². The van der Waals surface area contributed by atoms with E-state index < -0.39 is 28.5 Å². The standard InChI is InChI=1S/C30H35Cl2N3O5S/c1-5-26(30(37)33-18-21(2)3)34(19-22-15-16-23(31)17-25(22)32)29(36)20-35(27-13-9-10-14-28(27)40-4)41(38,39)24-11-7-6-8-12-24/h6-17,21,26H,5,18-20H2,1-4H3,(H,33,37). The maximum Gasteiger partial charge on any atom is 0.264 e. The number of ether oxygens (including phenoxy) is 1. The number of nitrogens with zero attached hydrogens (tertiary/aromatic N) is 2. The number of carbonyl (C=O) groups excluding carboxylic acids is 2. The number of benzene rings is 3. The summed E-state index contributed by atoms with van der Waals surface area (Å²) in [7, 11) is -2.79. The molecule has 0 aromatic heterocycles. The van der Waals surface area contributed by atoms with Gasteiger partial charge in [0, 0.05) is 23.1 Å². The van der Waals surface area contributed by atoms with E-state index in [4.69, 9.17) is 27.9 Å². The van der Waals surface area contributed by atoms with Crippen LogP contribution in [0.2, 0.25) is 10.0 Å². The van der Waals surface area contributed by atoms with E-state index in [1.807, 2.05) is 13.8 Å². The number of anilines is 1. The first-order valence-electron chi connectivity index (χ1n) is 13.2. The third-order valence-electron chi connectivity index (χ3n) is 6.39. The van der Waals surface area contributed by atoms with Crippen LogP contribution in [0.15, 0.2) is 77.7 Å². The van der Waals surface area contributed by atoms with Crippen LogP contribution in [-0.2, 0) is 26.2 Å². The van der Waals surface area contributed by atoms with Crippen LogP contribution in [0.4, 0.5) is 5.69 Å². The number of sulfonamides is 1. The van der Waals surface area contributed by atoms with Gasteiger partial charge in [-0.15, -0.1) is 0 Å². The lowest BCUT2D eigenvalue weighted by molar-refractivity contribution is -0.140. The van der Waals surface area contributed by atoms with Gasteiger partial charge >= 0.3 is 0 Å². The van der Waals surface area contributed by atoms with E-state index in [9.17, 15) is 18.0 Å². The van der Waals surface area contributed by atoms with Crippen molar-refractivity contribution in [1.29, 1.82) is 0 Å². The van der Waals surface area contributed by atoms with Crippen LogP contribution in [0.3, 0.4) is 0 Å². The van der Waals surface area contributed by atoms with E-state index in [0.717, 1.165) is 4.31 Å². The normalized spacial score (nSPS) is 12.1. The molecule has 220 valence electrons. The van der Waals surface area contributed by atoms with E-state index in [0.29, 0.717) is 28.6 Å². The fourth-order valence-electron chi connectivity index (χ4n) is 4.24. The molecule has 0 spiro atoms. The molecular weight excluding hydrogens is 585 g/mol. The second kappa shape index (κ2) is 14.6. The minimum Gasteiger partial charge on any atom is -0.495 e. The molecule has 0 bridgehead atoms. The van der Waals surface area contributed by atoms with Crippen molar-refractivity contribution in [3.8, 4) is 5.75 Å². The summed E-state index contributed by atoms with van der Waals surface area (Å²) >= 11 is 12.5. The Kier molecular flexibility index (Phi) is 11.5. The van der Waals surface area contributed by atoms with E-state index in [2.05, 4.69) is 5.32 Å². The van der Waals surface area contributed by atoms with Gasteiger partial charge in [0.05, 0.1) is 17.7 Å². The van der Waals surface area contributed by atoms with Crippen LogP contribution in [0.5, 0.6) is 5.75 Å². The lowest BCUT2D eigenvalue weighted by Gasteiger charge is -2.33. The Morgan fingerprint density at radius 1 is 0.976 bits per heavy atom. The number of nitrogens with one attached hydrogen (secondary N) is 1. The van der Waals surface area contributed by atoms with Crippen molar-refractivity contribution in [2.45, 2.75) is 44.7 Å². The number of carbonyl (C=O) groups is 2. The zero-order valence-electron chi connectivity index (χ0n) is 23.5. The van der Waals surface area contributed by atoms with Crippen LogP contribution in [-0.4, -0.2) is 51.4 Å². The SMILES string of the molecule is CCC(C(=O)NCC(C)C)N(Cc1ccc(Cl)cc1Cl)C(=O)CN(c1ccccc1OC)S(=O)(=O)c1ccccc1. The van der Waals surface area contributed by atoms with E-state index in [-0.39, 0.29) is 34.7 Å². The largest absolute Gasteiger partial charge is 0.495 e. The number of rotatable bonds is 13. The quantitative estimate of drug-likeness (QED) is 0.262. The number of hydrogen-bond donors (Lipinski definition) is 1. The molecule has 41 heavy (non-hydrogen) atoms. The highest BCUT2D eigenvalue weighted by Crippen LogP contribution is 2.33. The molecule has 11 heteroatoms. The number of para-hydroxylation sites is 2.